The van der Waals surface area contributed by atoms with Crippen LogP contribution >= 0.6 is 0 Å². The quantitative estimate of drug-likeness (QED) is 0.567. The SMILES string of the molecule is CCNC(=O)CNc1nc(OC)ccc1[N+](=O)[O-]. The molecule has 1 aromatic heterocycles. The van der Waals surface area contributed by atoms with E-state index in [2.05, 4.69) is 15.6 Å². The van der Waals surface area contributed by atoms with Crippen LogP contribution in [0.15, 0.2) is 12.1 Å². The van der Waals surface area contributed by atoms with Crippen molar-refractivity contribution in [1.82, 2.24) is 10.3 Å². The molecule has 2 N–H and O–H groups in total. The number of rotatable bonds is 6. The first-order chi connectivity index (χ1) is 8.58. The van der Waals surface area contributed by atoms with Crippen LogP contribution < -0.4 is 15.4 Å². The van der Waals surface area contributed by atoms with Gasteiger partial charge in [-0.3, -0.25) is 14.9 Å². The highest BCUT2D eigenvalue weighted by Crippen LogP contribution is 2.24. The van der Waals surface area contributed by atoms with Crippen molar-refractivity contribution in [2.45, 2.75) is 6.92 Å². The zero-order valence-corrected chi connectivity index (χ0v) is 10.1. The Morgan fingerprint density at radius 1 is 1.56 bits per heavy atom. The van der Waals surface area contributed by atoms with Crippen molar-refractivity contribution >= 4 is 17.4 Å². The van der Waals surface area contributed by atoms with Crippen LogP contribution in [0.2, 0.25) is 0 Å². The summed E-state index contributed by atoms with van der Waals surface area (Å²) in [5.74, 6) is -0.0268. The average Bonchev–Trinajstić information content (AvgIpc) is 2.36. The first kappa shape index (κ1) is 13.7. The molecule has 8 heteroatoms. The fraction of sp³-hybridized carbons (Fsp3) is 0.400. The fourth-order valence-corrected chi connectivity index (χ4v) is 1.25. The van der Waals surface area contributed by atoms with Crippen molar-refractivity contribution in [2.75, 3.05) is 25.5 Å². The van der Waals surface area contributed by atoms with Gasteiger partial charge in [0.25, 0.3) is 0 Å². The lowest BCUT2D eigenvalue weighted by Gasteiger charge is -2.07. The van der Waals surface area contributed by atoms with Gasteiger partial charge in [0.2, 0.25) is 17.6 Å². The Labute approximate surface area is 104 Å². The Hall–Kier alpha value is -2.38. The molecule has 0 atom stereocenters. The number of nitro groups is 1. The maximum Gasteiger partial charge on any atom is 0.311 e. The Kier molecular flexibility index (Phi) is 4.85. The van der Waals surface area contributed by atoms with E-state index in [0.717, 1.165) is 0 Å². The lowest BCUT2D eigenvalue weighted by molar-refractivity contribution is -0.384. The van der Waals surface area contributed by atoms with E-state index < -0.39 is 4.92 Å². The minimum atomic E-state index is -0.577. The topological polar surface area (TPSA) is 106 Å². The monoisotopic (exact) mass is 254 g/mol. The molecule has 0 bridgehead atoms. The van der Waals surface area contributed by atoms with Gasteiger partial charge in [-0.1, -0.05) is 0 Å². The third-order valence-corrected chi connectivity index (χ3v) is 2.04. The predicted molar refractivity (Wildman–Crippen MR) is 64.6 cm³/mol. The lowest BCUT2D eigenvalue weighted by atomic mass is 10.3. The van der Waals surface area contributed by atoms with E-state index in [9.17, 15) is 14.9 Å². The lowest BCUT2D eigenvalue weighted by Crippen LogP contribution is -2.29. The van der Waals surface area contributed by atoms with Gasteiger partial charge >= 0.3 is 5.69 Å². The van der Waals surface area contributed by atoms with Crippen molar-refractivity contribution in [3.8, 4) is 5.88 Å². The second kappa shape index (κ2) is 6.38. The van der Waals surface area contributed by atoms with Gasteiger partial charge in [0.15, 0.2) is 0 Å². The minimum absolute atomic E-state index is 0.00519. The second-order valence-corrected chi connectivity index (χ2v) is 3.29. The van der Waals surface area contributed by atoms with Crippen LogP contribution in [0.1, 0.15) is 6.92 Å². The van der Waals surface area contributed by atoms with Crippen LogP contribution in [0.4, 0.5) is 11.5 Å². The third kappa shape index (κ3) is 3.58. The highest BCUT2D eigenvalue weighted by Gasteiger charge is 2.16. The molecule has 0 fully saturated rings. The van der Waals surface area contributed by atoms with E-state index in [-0.39, 0.29) is 29.8 Å². The molecule has 18 heavy (non-hydrogen) atoms. The number of ether oxygens (including phenoxy) is 1. The number of amides is 1. The molecule has 1 amide bonds. The van der Waals surface area contributed by atoms with Gasteiger partial charge < -0.3 is 15.4 Å². The summed E-state index contributed by atoms with van der Waals surface area (Å²) < 4.78 is 4.87. The zero-order valence-electron chi connectivity index (χ0n) is 10.1. The number of anilines is 1. The zero-order chi connectivity index (χ0) is 13.5. The van der Waals surface area contributed by atoms with E-state index in [0.29, 0.717) is 6.54 Å². The van der Waals surface area contributed by atoms with Crippen molar-refractivity contribution in [3.63, 3.8) is 0 Å². The summed E-state index contributed by atoms with van der Waals surface area (Å²) in [7, 11) is 1.40. The highest BCUT2D eigenvalue weighted by atomic mass is 16.6. The fourth-order valence-electron chi connectivity index (χ4n) is 1.25. The smallest absolute Gasteiger partial charge is 0.311 e. The Morgan fingerprint density at radius 2 is 2.28 bits per heavy atom. The van der Waals surface area contributed by atoms with Crippen molar-refractivity contribution in [3.05, 3.63) is 22.2 Å². The molecular weight excluding hydrogens is 240 g/mol. The highest BCUT2D eigenvalue weighted by molar-refractivity contribution is 5.81. The van der Waals surface area contributed by atoms with E-state index in [1.165, 1.54) is 19.2 Å². The molecule has 0 saturated carbocycles. The number of likely N-dealkylation sites (N-methyl/N-ethyl adjacent to an activating group) is 1. The van der Waals surface area contributed by atoms with Crippen LogP contribution in [0, 0.1) is 10.1 Å². The summed E-state index contributed by atoms with van der Waals surface area (Å²) in [6, 6.07) is 2.65. The van der Waals surface area contributed by atoms with Gasteiger partial charge in [0.1, 0.15) is 0 Å². The number of carbonyl (C=O) groups is 1. The Bertz CT molecular complexity index is 450. The second-order valence-electron chi connectivity index (χ2n) is 3.29. The molecule has 0 aromatic carbocycles. The average molecular weight is 254 g/mol. The number of aromatic nitrogens is 1. The molecule has 0 aliphatic carbocycles. The number of hydrogen-bond donors (Lipinski definition) is 2. The molecule has 1 rings (SSSR count). The molecule has 0 aliphatic heterocycles. The van der Waals surface area contributed by atoms with Crippen LogP contribution in [-0.4, -0.2) is 36.0 Å². The van der Waals surface area contributed by atoms with Crippen molar-refractivity contribution in [2.24, 2.45) is 0 Å². The molecule has 1 aromatic rings. The Morgan fingerprint density at radius 3 is 2.83 bits per heavy atom. The molecule has 0 saturated heterocycles. The van der Waals surface area contributed by atoms with E-state index >= 15 is 0 Å². The normalized spacial score (nSPS) is 9.67. The number of hydrogen-bond acceptors (Lipinski definition) is 6. The number of carbonyl (C=O) groups excluding carboxylic acids is 1. The Balaban J connectivity index is 2.84. The number of nitrogens with zero attached hydrogens (tertiary/aromatic N) is 2. The van der Waals surface area contributed by atoms with Gasteiger partial charge in [-0.2, -0.15) is 4.98 Å². The van der Waals surface area contributed by atoms with Crippen LogP contribution in [-0.2, 0) is 4.79 Å². The first-order valence-corrected chi connectivity index (χ1v) is 5.28. The van der Waals surface area contributed by atoms with Gasteiger partial charge in [0.05, 0.1) is 18.6 Å². The minimum Gasteiger partial charge on any atom is -0.481 e. The maximum absolute atomic E-state index is 11.2. The summed E-state index contributed by atoms with van der Waals surface area (Å²) in [6.45, 7) is 2.19. The van der Waals surface area contributed by atoms with Gasteiger partial charge in [-0.05, 0) is 6.92 Å². The van der Waals surface area contributed by atoms with Crippen LogP contribution in [0.3, 0.4) is 0 Å². The molecular formula is C10H14N4O4. The molecule has 0 radical (unpaired) electrons. The summed E-state index contributed by atoms with van der Waals surface area (Å²) >= 11 is 0. The number of nitrogens with one attached hydrogen (secondary N) is 2. The largest absolute Gasteiger partial charge is 0.481 e. The summed E-state index contributed by atoms with van der Waals surface area (Å²) in [6.07, 6.45) is 0. The first-order valence-electron chi connectivity index (χ1n) is 5.28. The van der Waals surface area contributed by atoms with Crippen LogP contribution in [0.25, 0.3) is 0 Å². The molecule has 8 nitrogen and oxygen atoms in total. The molecule has 1 heterocycles. The third-order valence-electron chi connectivity index (χ3n) is 2.04. The van der Waals surface area contributed by atoms with Gasteiger partial charge in [-0.15, -0.1) is 0 Å². The van der Waals surface area contributed by atoms with E-state index in [1.807, 2.05) is 0 Å². The molecule has 0 spiro atoms. The van der Waals surface area contributed by atoms with Gasteiger partial charge in [-0.25, -0.2) is 0 Å². The number of methoxy groups -OCH3 is 1. The predicted octanol–water partition coefficient (Wildman–Crippen LogP) is 0.546. The van der Waals surface area contributed by atoms with E-state index in [1.54, 1.807) is 6.92 Å². The summed E-state index contributed by atoms with van der Waals surface area (Å²) in [5.41, 5.74) is -0.208. The molecule has 0 aliphatic rings. The maximum atomic E-state index is 11.2. The molecule has 0 unspecified atom stereocenters. The van der Waals surface area contributed by atoms with Crippen LogP contribution in [0.5, 0.6) is 5.88 Å². The molecule has 98 valence electrons. The van der Waals surface area contributed by atoms with Crippen molar-refractivity contribution < 1.29 is 14.5 Å². The summed E-state index contributed by atoms with van der Waals surface area (Å²) in [5, 5.41) is 15.9. The van der Waals surface area contributed by atoms with Gasteiger partial charge in [0, 0.05) is 18.7 Å². The standard InChI is InChI=1S/C10H14N4O4/c1-3-11-8(15)6-12-10-7(14(16)17)4-5-9(13-10)18-2/h4-5H,3,6H2,1-2H3,(H,11,15)(H,12,13). The van der Waals surface area contributed by atoms with E-state index in [4.69, 9.17) is 4.74 Å². The van der Waals surface area contributed by atoms with Crippen molar-refractivity contribution in [1.29, 1.82) is 0 Å². The summed E-state index contributed by atoms with van der Waals surface area (Å²) in [4.78, 5) is 25.3. The number of pyridine rings is 1.